The molecule has 80 valence electrons. The molecule has 4 nitrogen and oxygen atoms in total. The molecule has 2 aliphatic rings. The van der Waals surface area contributed by atoms with Gasteiger partial charge in [0.2, 0.25) is 0 Å². The zero-order chi connectivity index (χ0) is 9.97. The van der Waals surface area contributed by atoms with E-state index >= 15 is 0 Å². The summed E-state index contributed by atoms with van der Waals surface area (Å²) in [6.07, 6.45) is 3.92. The van der Waals surface area contributed by atoms with Crippen molar-refractivity contribution >= 4 is 5.97 Å². The third kappa shape index (κ3) is 2.07. The minimum atomic E-state index is -0.709. The first kappa shape index (κ1) is 9.93. The van der Waals surface area contributed by atoms with Gasteiger partial charge in [0.15, 0.2) is 0 Å². The molecule has 0 radical (unpaired) electrons. The zero-order valence-electron chi connectivity index (χ0n) is 8.24. The fourth-order valence-electron chi connectivity index (χ4n) is 2.46. The van der Waals surface area contributed by atoms with E-state index in [-0.39, 0.29) is 6.04 Å². The summed E-state index contributed by atoms with van der Waals surface area (Å²) in [5.74, 6) is -0.0901. The standard InChI is InChI=1S/C10H17NO3/c12-10(13)9-2-1-8(11-9)7-3-5-14-6-4-7/h7-9,11H,1-6H2,(H,12,13). The van der Waals surface area contributed by atoms with Crippen LogP contribution < -0.4 is 5.32 Å². The van der Waals surface area contributed by atoms with Crippen LogP contribution in [-0.2, 0) is 9.53 Å². The zero-order valence-corrected chi connectivity index (χ0v) is 8.24. The fourth-order valence-corrected chi connectivity index (χ4v) is 2.46. The minimum Gasteiger partial charge on any atom is -0.480 e. The van der Waals surface area contributed by atoms with Gasteiger partial charge in [-0.25, -0.2) is 0 Å². The highest BCUT2D eigenvalue weighted by atomic mass is 16.5. The molecule has 0 saturated carbocycles. The lowest BCUT2D eigenvalue weighted by Crippen LogP contribution is -2.40. The molecule has 0 amide bonds. The van der Waals surface area contributed by atoms with E-state index in [0.29, 0.717) is 12.0 Å². The first-order valence-electron chi connectivity index (χ1n) is 5.34. The van der Waals surface area contributed by atoms with Gasteiger partial charge in [-0.05, 0) is 31.6 Å². The Balaban J connectivity index is 1.85. The van der Waals surface area contributed by atoms with E-state index in [1.165, 1.54) is 0 Å². The van der Waals surface area contributed by atoms with Crippen molar-refractivity contribution < 1.29 is 14.6 Å². The van der Waals surface area contributed by atoms with Crippen molar-refractivity contribution in [2.45, 2.75) is 37.8 Å². The lowest BCUT2D eigenvalue weighted by atomic mass is 9.91. The third-order valence-corrected chi connectivity index (χ3v) is 3.31. The predicted molar refractivity (Wildman–Crippen MR) is 51.1 cm³/mol. The third-order valence-electron chi connectivity index (χ3n) is 3.31. The predicted octanol–water partition coefficient (Wildman–Crippen LogP) is 0.618. The topological polar surface area (TPSA) is 58.6 Å². The second-order valence-electron chi connectivity index (χ2n) is 4.19. The van der Waals surface area contributed by atoms with Crippen LogP contribution in [0.2, 0.25) is 0 Å². The van der Waals surface area contributed by atoms with Crippen molar-refractivity contribution in [3.05, 3.63) is 0 Å². The van der Waals surface area contributed by atoms with Crippen LogP contribution in [0.3, 0.4) is 0 Å². The van der Waals surface area contributed by atoms with E-state index in [4.69, 9.17) is 9.84 Å². The lowest BCUT2D eigenvalue weighted by Gasteiger charge is -2.27. The number of carbonyl (C=O) groups is 1. The van der Waals surface area contributed by atoms with Gasteiger partial charge < -0.3 is 15.2 Å². The molecule has 4 heteroatoms. The Morgan fingerprint density at radius 3 is 2.50 bits per heavy atom. The Hall–Kier alpha value is -0.610. The SMILES string of the molecule is O=C(O)C1CCC(C2CCOCC2)N1. The summed E-state index contributed by atoms with van der Waals surface area (Å²) in [5, 5.41) is 12.0. The van der Waals surface area contributed by atoms with Crippen LogP contribution in [0.1, 0.15) is 25.7 Å². The number of carboxylic acids is 1. The number of carboxylic acid groups (broad SMARTS) is 1. The molecule has 14 heavy (non-hydrogen) atoms. The van der Waals surface area contributed by atoms with Crippen LogP contribution in [0.25, 0.3) is 0 Å². The molecule has 2 unspecified atom stereocenters. The van der Waals surface area contributed by atoms with Gasteiger partial charge in [-0.3, -0.25) is 4.79 Å². The quantitative estimate of drug-likeness (QED) is 0.684. The van der Waals surface area contributed by atoms with E-state index in [1.807, 2.05) is 0 Å². The molecule has 0 aromatic carbocycles. The average molecular weight is 199 g/mol. The molecule has 2 heterocycles. The number of ether oxygens (including phenoxy) is 1. The van der Waals surface area contributed by atoms with Crippen LogP contribution in [0.5, 0.6) is 0 Å². The van der Waals surface area contributed by atoms with Crippen molar-refractivity contribution in [3.63, 3.8) is 0 Å². The fraction of sp³-hybridized carbons (Fsp3) is 0.900. The molecule has 2 fully saturated rings. The van der Waals surface area contributed by atoms with E-state index in [0.717, 1.165) is 38.9 Å². The average Bonchev–Trinajstić information content (AvgIpc) is 2.68. The van der Waals surface area contributed by atoms with E-state index < -0.39 is 5.97 Å². The van der Waals surface area contributed by atoms with Gasteiger partial charge in [0, 0.05) is 19.3 Å². The number of rotatable bonds is 2. The Bertz CT molecular complexity index is 213. The molecule has 2 N–H and O–H groups in total. The van der Waals surface area contributed by atoms with Gasteiger partial charge in [0.25, 0.3) is 0 Å². The van der Waals surface area contributed by atoms with Gasteiger partial charge >= 0.3 is 5.97 Å². The second-order valence-corrected chi connectivity index (χ2v) is 4.19. The van der Waals surface area contributed by atoms with Crippen LogP contribution in [-0.4, -0.2) is 36.4 Å². The smallest absolute Gasteiger partial charge is 0.320 e. The highest BCUT2D eigenvalue weighted by Crippen LogP contribution is 2.26. The van der Waals surface area contributed by atoms with Gasteiger partial charge in [-0.1, -0.05) is 0 Å². The van der Waals surface area contributed by atoms with Crippen molar-refractivity contribution in [3.8, 4) is 0 Å². The number of hydrogen-bond donors (Lipinski definition) is 2. The Kier molecular flexibility index (Phi) is 3.03. The number of hydrogen-bond acceptors (Lipinski definition) is 3. The maximum Gasteiger partial charge on any atom is 0.320 e. The highest BCUT2D eigenvalue weighted by molar-refractivity contribution is 5.73. The number of aliphatic carboxylic acids is 1. The van der Waals surface area contributed by atoms with Gasteiger partial charge in [0.1, 0.15) is 6.04 Å². The maximum atomic E-state index is 10.7. The van der Waals surface area contributed by atoms with Crippen LogP contribution in [0.4, 0.5) is 0 Å². The molecule has 0 bridgehead atoms. The number of nitrogens with one attached hydrogen (secondary N) is 1. The lowest BCUT2D eigenvalue weighted by molar-refractivity contribution is -0.139. The van der Waals surface area contributed by atoms with Crippen molar-refractivity contribution in [2.24, 2.45) is 5.92 Å². The molecular formula is C10H17NO3. The normalized spacial score (nSPS) is 34.6. The Morgan fingerprint density at radius 2 is 1.93 bits per heavy atom. The summed E-state index contributed by atoms with van der Waals surface area (Å²) in [6.45, 7) is 1.67. The summed E-state index contributed by atoms with van der Waals surface area (Å²) in [6, 6.07) is 0.0860. The summed E-state index contributed by atoms with van der Waals surface area (Å²) in [7, 11) is 0. The maximum absolute atomic E-state index is 10.7. The van der Waals surface area contributed by atoms with Crippen LogP contribution >= 0.6 is 0 Å². The molecule has 2 atom stereocenters. The Morgan fingerprint density at radius 1 is 1.21 bits per heavy atom. The molecule has 0 aliphatic carbocycles. The molecular weight excluding hydrogens is 182 g/mol. The van der Waals surface area contributed by atoms with Gasteiger partial charge in [-0.2, -0.15) is 0 Å². The monoisotopic (exact) mass is 199 g/mol. The molecule has 2 rings (SSSR count). The van der Waals surface area contributed by atoms with E-state index in [1.54, 1.807) is 0 Å². The van der Waals surface area contributed by atoms with E-state index in [2.05, 4.69) is 5.32 Å². The van der Waals surface area contributed by atoms with E-state index in [9.17, 15) is 4.79 Å². The highest BCUT2D eigenvalue weighted by Gasteiger charge is 2.33. The first-order valence-corrected chi connectivity index (χ1v) is 5.34. The van der Waals surface area contributed by atoms with Crippen molar-refractivity contribution in [2.75, 3.05) is 13.2 Å². The molecule has 0 spiro atoms. The minimum absolute atomic E-state index is 0.317. The molecule has 0 aromatic heterocycles. The first-order chi connectivity index (χ1) is 6.77. The van der Waals surface area contributed by atoms with Crippen LogP contribution in [0, 0.1) is 5.92 Å². The van der Waals surface area contributed by atoms with Gasteiger partial charge in [-0.15, -0.1) is 0 Å². The van der Waals surface area contributed by atoms with Crippen molar-refractivity contribution in [1.82, 2.24) is 5.32 Å². The second kappa shape index (κ2) is 4.28. The molecule has 0 aromatic rings. The summed E-state index contributed by atoms with van der Waals surface area (Å²) < 4.78 is 5.29. The Labute approximate surface area is 83.6 Å². The molecule has 2 aliphatic heterocycles. The van der Waals surface area contributed by atoms with Crippen LogP contribution in [0.15, 0.2) is 0 Å². The summed E-state index contributed by atoms with van der Waals surface area (Å²) >= 11 is 0. The summed E-state index contributed by atoms with van der Waals surface area (Å²) in [5.41, 5.74) is 0. The summed E-state index contributed by atoms with van der Waals surface area (Å²) in [4.78, 5) is 10.7. The van der Waals surface area contributed by atoms with Crippen molar-refractivity contribution in [1.29, 1.82) is 0 Å². The largest absolute Gasteiger partial charge is 0.480 e. The van der Waals surface area contributed by atoms with Gasteiger partial charge in [0.05, 0.1) is 0 Å². The molecule has 2 saturated heterocycles.